The van der Waals surface area contributed by atoms with Gasteiger partial charge in [0, 0.05) is 54.5 Å². The van der Waals surface area contributed by atoms with E-state index in [1.807, 2.05) is 11.3 Å². The van der Waals surface area contributed by atoms with Gasteiger partial charge in [0.2, 0.25) is 5.91 Å². The minimum absolute atomic E-state index is 0.00232. The zero-order chi connectivity index (χ0) is 20.2. The van der Waals surface area contributed by atoms with Gasteiger partial charge in [-0.05, 0) is 41.6 Å². The van der Waals surface area contributed by atoms with E-state index in [1.165, 1.54) is 10.4 Å². The summed E-state index contributed by atoms with van der Waals surface area (Å²) in [5.74, 6) is 1.09. The summed E-state index contributed by atoms with van der Waals surface area (Å²) < 4.78 is 5.74. The molecule has 1 amide bonds. The van der Waals surface area contributed by atoms with Gasteiger partial charge >= 0.3 is 0 Å². The Morgan fingerprint density at radius 2 is 2.21 bits per heavy atom. The van der Waals surface area contributed by atoms with Gasteiger partial charge in [0.1, 0.15) is 0 Å². The highest BCUT2D eigenvalue weighted by molar-refractivity contribution is 7.10. The normalized spacial score (nSPS) is 14.0. The van der Waals surface area contributed by atoms with Crippen molar-refractivity contribution in [3.05, 3.63) is 62.2 Å². The minimum atomic E-state index is 0.00232. The Balaban J connectivity index is 1.21. The molecule has 0 spiro atoms. The molecule has 0 fully saturated rings. The quantitative estimate of drug-likeness (QED) is 0.561. The van der Waals surface area contributed by atoms with Crippen molar-refractivity contribution in [1.29, 1.82) is 0 Å². The van der Waals surface area contributed by atoms with Crippen LogP contribution in [-0.4, -0.2) is 35.4 Å². The summed E-state index contributed by atoms with van der Waals surface area (Å²) in [7, 11) is 0. The van der Waals surface area contributed by atoms with E-state index in [0.717, 1.165) is 31.6 Å². The molecule has 4 rings (SSSR count). The lowest BCUT2D eigenvalue weighted by atomic mass is 10.1. The number of hydrogen-bond acceptors (Lipinski definition) is 5. The molecule has 0 bridgehead atoms. The topological polar surface area (TPSA) is 58.4 Å². The highest BCUT2D eigenvalue weighted by atomic mass is 35.5. The molecule has 0 saturated heterocycles. The number of benzene rings is 1. The van der Waals surface area contributed by atoms with E-state index in [1.54, 1.807) is 24.4 Å². The van der Waals surface area contributed by atoms with Gasteiger partial charge < -0.3 is 9.73 Å². The molecule has 0 unspecified atom stereocenters. The predicted molar refractivity (Wildman–Crippen MR) is 117 cm³/mol. The Labute approximate surface area is 183 Å². The molecule has 0 aliphatic carbocycles. The summed E-state index contributed by atoms with van der Waals surface area (Å²) >= 11 is 14.0. The largest absolute Gasteiger partial charge is 0.441 e. The lowest BCUT2D eigenvalue weighted by Crippen LogP contribution is -2.37. The molecule has 29 heavy (non-hydrogen) atoms. The Morgan fingerprint density at radius 3 is 3.07 bits per heavy atom. The lowest BCUT2D eigenvalue weighted by molar-refractivity contribution is -0.121. The molecule has 0 saturated carbocycles. The van der Waals surface area contributed by atoms with E-state index >= 15 is 0 Å². The number of thiophene rings is 1. The van der Waals surface area contributed by atoms with Crippen molar-refractivity contribution in [1.82, 2.24) is 15.2 Å². The molecule has 5 nitrogen and oxygen atoms in total. The van der Waals surface area contributed by atoms with E-state index in [4.69, 9.17) is 27.6 Å². The van der Waals surface area contributed by atoms with E-state index in [-0.39, 0.29) is 5.91 Å². The van der Waals surface area contributed by atoms with E-state index in [0.29, 0.717) is 41.1 Å². The number of nitrogens with one attached hydrogen (secondary N) is 1. The number of aryl methyl sites for hydroxylation is 1. The van der Waals surface area contributed by atoms with Gasteiger partial charge in [-0.15, -0.1) is 11.3 Å². The standard InChI is InChI=1S/C21H21Cl2N3O2S/c22-15-1-2-16(17(23)11-15)18-12-25-21(28-18)4-3-20(27)24-7-9-26-8-5-19-14(13-26)6-10-29-19/h1-2,6,10-12H,3-5,7-9,13H2,(H,24,27). The maximum absolute atomic E-state index is 12.2. The first-order valence-electron chi connectivity index (χ1n) is 9.53. The molecule has 1 aromatic carbocycles. The fraction of sp³-hybridized carbons (Fsp3) is 0.333. The molecule has 0 atom stereocenters. The van der Waals surface area contributed by atoms with Crippen molar-refractivity contribution in [3.63, 3.8) is 0 Å². The smallest absolute Gasteiger partial charge is 0.220 e. The van der Waals surface area contributed by atoms with Gasteiger partial charge in [0.25, 0.3) is 0 Å². The summed E-state index contributed by atoms with van der Waals surface area (Å²) in [6.07, 6.45) is 3.50. The van der Waals surface area contributed by atoms with Gasteiger partial charge in [0.15, 0.2) is 11.7 Å². The lowest BCUT2D eigenvalue weighted by Gasteiger charge is -2.26. The maximum Gasteiger partial charge on any atom is 0.220 e. The van der Waals surface area contributed by atoms with Crippen molar-refractivity contribution >= 4 is 40.4 Å². The Bertz CT molecular complexity index is 1000. The third-order valence-corrected chi connectivity index (χ3v) is 6.52. The second-order valence-electron chi connectivity index (χ2n) is 6.99. The van der Waals surface area contributed by atoms with Crippen LogP contribution in [0.4, 0.5) is 0 Å². The number of amides is 1. The van der Waals surface area contributed by atoms with Crippen LogP contribution < -0.4 is 5.32 Å². The summed E-state index contributed by atoms with van der Waals surface area (Å²) in [4.78, 5) is 20.3. The van der Waals surface area contributed by atoms with Crippen LogP contribution in [-0.2, 0) is 24.2 Å². The van der Waals surface area contributed by atoms with Crippen molar-refractivity contribution in [2.24, 2.45) is 0 Å². The van der Waals surface area contributed by atoms with Gasteiger partial charge in [0.05, 0.1) is 11.2 Å². The predicted octanol–water partition coefficient (Wildman–Crippen LogP) is 4.82. The van der Waals surface area contributed by atoms with E-state index in [2.05, 4.69) is 26.6 Å². The number of nitrogens with zero attached hydrogens (tertiary/aromatic N) is 2. The van der Waals surface area contributed by atoms with E-state index in [9.17, 15) is 4.79 Å². The Kier molecular flexibility index (Phi) is 6.55. The molecule has 0 radical (unpaired) electrons. The summed E-state index contributed by atoms with van der Waals surface area (Å²) in [6, 6.07) is 7.41. The van der Waals surface area contributed by atoms with Crippen LogP contribution >= 0.6 is 34.5 Å². The van der Waals surface area contributed by atoms with Crippen molar-refractivity contribution in [2.45, 2.75) is 25.8 Å². The zero-order valence-electron chi connectivity index (χ0n) is 15.8. The van der Waals surface area contributed by atoms with Gasteiger partial charge in [-0.2, -0.15) is 0 Å². The Morgan fingerprint density at radius 1 is 1.31 bits per heavy atom. The first-order chi connectivity index (χ1) is 14.1. The Hall–Kier alpha value is -1.86. The summed E-state index contributed by atoms with van der Waals surface area (Å²) in [5.41, 5.74) is 2.16. The first-order valence-corrected chi connectivity index (χ1v) is 11.2. The molecule has 1 aliphatic rings. The monoisotopic (exact) mass is 449 g/mol. The number of rotatable bonds is 7. The van der Waals surface area contributed by atoms with Gasteiger partial charge in [-0.1, -0.05) is 23.2 Å². The summed E-state index contributed by atoms with van der Waals surface area (Å²) in [6.45, 7) is 3.53. The number of halogens is 2. The molecule has 2 aromatic heterocycles. The fourth-order valence-electron chi connectivity index (χ4n) is 3.40. The van der Waals surface area contributed by atoms with Crippen molar-refractivity contribution in [2.75, 3.05) is 19.6 Å². The van der Waals surface area contributed by atoms with Crippen LogP contribution in [0.25, 0.3) is 11.3 Å². The highest BCUT2D eigenvalue weighted by Crippen LogP contribution is 2.30. The van der Waals surface area contributed by atoms with Crippen LogP contribution in [0.2, 0.25) is 10.0 Å². The fourth-order valence-corrected chi connectivity index (χ4v) is 4.79. The van der Waals surface area contributed by atoms with Crippen LogP contribution in [0.3, 0.4) is 0 Å². The molecule has 1 N–H and O–H groups in total. The third-order valence-electron chi connectivity index (χ3n) is 4.95. The third kappa shape index (κ3) is 5.20. The molecule has 8 heteroatoms. The second kappa shape index (κ2) is 9.30. The minimum Gasteiger partial charge on any atom is -0.441 e. The van der Waals surface area contributed by atoms with Crippen LogP contribution in [0.5, 0.6) is 0 Å². The second-order valence-corrected chi connectivity index (χ2v) is 8.83. The molecule has 1 aliphatic heterocycles. The molecule has 3 heterocycles. The first kappa shape index (κ1) is 20.4. The summed E-state index contributed by atoms with van der Waals surface area (Å²) in [5, 5.41) is 6.22. The number of hydrogen-bond donors (Lipinski definition) is 1. The SMILES string of the molecule is O=C(CCc1ncc(-c2ccc(Cl)cc2Cl)o1)NCCN1CCc2sccc2C1. The molecule has 3 aromatic rings. The number of aromatic nitrogens is 1. The number of carbonyl (C=O) groups excluding carboxylic acids is 1. The molecule has 152 valence electrons. The molecular weight excluding hydrogens is 429 g/mol. The van der Waals surface area contributed by atoms with Crippen LogP contribution in [0.15, 0.2) is 40.3 Å². The van der Waals surface area contributed by atoms with Crippen molar-refractivity contribution < 1.29 is 9.21 Å². The van der Waals surface area contributed by atoms with Gasteiger partial charge in [-0.3, -0.25) is 9.69 Å². The average molecular weight is 450 g/mol. The number of oxazole rings is 1. The van der Waals surface area contributed by atoms with Crippen LogP contribution in [0.1, 0.15) is 22.8 Å². The number of carbonyl (C=O) groups is 1. The number of fused-ring (bicyclic) bond motifs is 1. The highest BCUT2D eigenvalue weighted by Gasteiger charge is 2.17. The maximum atomic E-state index is 12.2. The van der Waals surface area contributed by atoms with Gasteiger partial charge in [-0.25, -0.2) is 4.98 Å². The molecular formula is C21H21Cl2N3O2S. The van der Waals surface area contributed by atoms with E-state index < -0.39 is 0 Å². The van der Waals surface area contributed by atoms with Crippen LogP contribution in [0, 0.1) is 0 Å². The average Bonchev–Trinajstić information content (AvgIpc) is 3.35. The van der Waals surface area contributed by atoms with Crippen molar-refractivity contribution in [3.8, 4) is 11.3 Å². The zero-order valence-corrected chi connectivity index (χ0v) is 18.1.